The van der Waals surface area contributed by atoms with Crippen LogP contribution in [0.1, 0.15) is 5.82 Å². The fourth-order valence-electron chi connectivity index (χ4n) is 0.616. The second kappa shape index (κ2) is 3.58. The standard InChI is InChI=1S/C5H10N4S/c1-6-3-4-7-5(10-2)9-8-4/h6H,3H2,1-2H3,(H,7,8,9). The molecule has 1 aromatic rings. The average molecular weight is 158 g/mol. The van der Waals surface area contributed by atoms with E-state index in [1.807, 2.05) is 13.3 Å². The molecule has 0 aromatic carbocycles. The SMILES string of the molecule is CNCc1nc(SC)n[nH]1. The van der Waals surface area contributed by atoms with Crippen LogP contribution < -0.4 is 5.32 Å². The van der Waals surface area contributed by atoms with Crippen LogP contribution in [0.4, 0.5) is 0 Å². The third-order valence-corrected chi connectivity index (χ3v) is 1.59. The minimum atomic E-state index is 0.744. The minimum Gasteiger partial charge on any atom is -0.313 e. The fourth-order valence-corrected chi connectivity index (χ4v) is 0.954. The van der Waals surface area contributed by atoms with E-state index in [4.69, 9.17) is 0 Å². The van der Waals surface area contributed by atoms with E-state index in [0.29, 0.717) is 0 Å². The first-order chi connectivity index (χ1) is 4.86. The van der Waals surface area contributed by atoms with Gasteiger partial charge in [-0.1, -0.05) is 11.8 Å². The maximum absolute atomic E-state index is 4.15. The highest BCUT2D eigenvalue weighted by Gasteiger charge is 1.98. The van der Waals surface area contributed by atoms with E-state index in [9.17, 15) is 0 Å². The van der Waals surface area contributed by atoms with Crippen LogP contribution in [0.3, 0.4) is 0 Å². The summed E-state index contributed by atoms with van der Waals surface area (Å²) in [6.07, 6.45) is 1.95. The van der Waals surface area contributed by atoms with Gasteiger partial charge >= 0.3 is 0 Å². The van der Waals surface area contributed by atoms with Gasteiger partial charge < -0.3 is 5.32 Å². The zero-order valence-electron chi connectivity index (χ0n) is 6.01. The second-order valence-corrected chi connectivity index (χ2v) is 2.57. The summed E-state index contributed by atoms with van der Waals surface area (Å²) in [6, 6.07) is 0. The van der Waals surface area contributed by atoms with Gasteiger partial charge in [-0.25, -0.2) is 4.98 Å². The summed E-state index contributed by atoms with van der Waals surface area (Å²) >= 11 is 1.53. The van der Waals surface area contributed by atoms with E-state index < -0.39 is 0 Å². The van der Waals surface area contributed by atoms with E-state index in [0.717, 1.165) is 17.5 Å². The summed E-state index contributed by atoms with van der Waals surface area (Å²) in [5.41, 5.74) is 0. The molecule has 10 heavy (non-hydrogen) atoms. The van der Waals surface area contributed by atoms with Gasteiger partial charge in [0.05, 0.1) is 6.54 Å². The molecule has 1 rings (SSSR count). The lowest BCUT2D eigenvalue weighted by Gasteiger charge is -1.88. The summed E-state index contributed by atoms with van der Waals surface area (Å²) < 4.78 is 0. The predicted octanol–water partition coefficient (Wildman–Crippen LogP) is 0.246. The molecule has 0 saturated heterocycles. The van der Waals surface area contributed by atoms with Crippen LogP contribution in [-0.4, -0.2) is 28.5 Å². The van der Waals surface area contributed by atoms with Crippen LogP contribution in [0, 0.1) is 0 Å². The van der Waals surface area contributed by atoms with Crippen LogP contribution >= 0.6 is 11.8 Å². The molecule has 5 heteroatoms. The maximum atomic E-state index is 4.15. The first kappa shape index (κ1) is 7.56. The molecule has 0 aliphatic heterocycles. The molecular formula is C5H10N4S. The van der Waals surface area contributed by atoms with Crippen LogP contribution in [-0.2, 0) is 6.54 Å². The first-order valence-electron chi connectivity index (χ1n) is 2.96. The van der Waals surface area contributed by atoms with Gasteiger partial charge in [0, 0.05) is 0 Å². The first-order valence-corrected chi connectivity index (χ1v) is 4.19. The van der Waals surface area contributed by atoms with E-state index in [-0.39, 0.29) is 0 Å². The highest BCUT2D eigenvalue weighted by atomic mass is 32.2. The lowest BCUT2D eigenvalue weighted by atomic mass is 10.6. The molecule has 0 aliphatic rings. The normalized spacial score (nSPS) is 10.2. The van der Waals surface area contributed by atoms with Gasteiger partial charge in [0.15, 0.2) is 0 Å². The van der Waals surface area contributed by atoms with Crippen molar-refractivity contribution in [3.63, 3.8) is 0 Å². The topological polar surface area (TPSA) is 53.6 Å². The average Bonchev–Trinajstić information content (AvgIpc) is 2.37. The van der Waals surface area contributed by atoms with Crippen molar-refractivity contribution in [1.82, 2.24) is 20.5 Å². The molecule has 0 unspecified atom stereocenters. The van der Waals surface area contributed by atoms with Crippen molar-refractivity contribution in [2.45, 2.75) is 11.7 Å². The third kappa shape index (κ3) is 1.71. The number of nitrogens with zero attached hydrogens (tertiary/aromatic N) is 2. The number of hydrogen-bond acceptors (Lipinski definition) is 4. The van der Waals surface area contributed by atoms with Crippen molar-refractivity contribution >= 4 is 11.8 Å². The van der Waals surface area contributed by atoms with Crippen molar-refractivity contribution in [3.05, 3.63) is 5.82 Å². The predicted molar refractivity (Wildman–Crippen MR) is 40.9 cm³/mol. The Morgan fingerprint density at radius 1 is 1.70 bits per heavy atom. The Bertz CT molecular complexity index is 197. The number of H-pyrrole nitrogens is 1. The van der Waals surface area contributed by atoms with Crippen LogP contribution in [0.25, 0.3) is 0 Å². The minimum absolute atomic E-state index is 0.744. The highest BCUT2D eigenvalue weighted by Crippen LogP contribution is 2.05. The van der Waals surface area contributed by atoms with Gasteiger partial charge in [-0.2, -0.15) is 0 Å². The molecule has 0 aliphatic carbocycles. The quantitative estimate of drug-likeness (QED) is 0.619. The molecule has 1 heterocycles. The van der Waals surface area contributed by atoms with Crippen molar-refractivity contribution in [2.24, 2.45) is 0 Å². The van der Waals surface area contributed by atoms with Crippen molar-refractivity contribution < 1.29 is 0 Å². The molecule has 0 saturated carbocycles. The van der Waals surface area contributed by atoms with Crippen LogP contribution in [0.5, 0.6) is 0 Å². The third-order valence-electron chi connectivity index (χ3n) is 1.04. The Kier molecular flexibility index (Phi) is 2.70. The smallest absolute Gasteiger partial charge is 0.208 e. The number of hydrogen-bond donors (Lipinski definition) is 2. The zero-order valence-corrected chi connectivity index (χ0v) is 6.83. The number of thioether (sulfide) groups is 1. The van der Waals surface area contributed by atoms with Crippen LogP contribution in [0.2, 0.25) is 0 Å². The van der Waals surface area contributed by atoms with Crippen molar-refractivity contribution in [1.29, 1.82) is 0 Å². The molecule has 0 atom stereocenters. The summed E-state index contributed by atoms with van der Waals surface area (Å²) in [7, 11) is 1.88. The van der Waals surface area contributed by atoms with E-state index in [1.54, 1.807) is 0 Å². The Morgan fingerprint density at radius 2 is 2.50 bits per heavy atom. The van der Waals surface area contributed by atoms with Gasteiger partial charge in [0.1, 0.15) is 5.82 Å². The molecule has 0 spiro atoms. The number of aromatic amines is 1. The number of rotatable bonds is 3. The molecule has 56 valence electrons. The highest BCUT2D eigenvalue weighted by molar-refractivity contribution is 7.98. The lowest BCUT2D eigenvalue weighted by Crippen LogP contribution is -2.06. The van der Waals surface area contributed by atoms with E-state index in [2.05, 4.69) is 20.5 Å². The van der Waals surface area contributed by atoms with Gasteiger partial charge in [-0.05, 0) is 13.3 Å². The van der Waals surface area contributed by atoms with Crippen molar-refractivity contribution in [3.8, 4) is 0 Å². The van der Waals surface area contributed by atoms with E-state index in [1.165, 1.54) is 11.8 Å². The zero-order chi connectivity index (χ0) is 7.40. The Morgan fingerprint density at radius 3 is 3.00 bits per heavy atom. The number of aromatic nitrogens is 3. The Balaban J connectivity index is 2.59. The molecule has 0 bridgehead atoms. The molecule has 4 nitrogen and oxygen atoms in total. The number of nitrogens with one attached hydrogen (secondary N) is 2. The van der Waals surface area contributed by atoms with E-state index >= 15 is 0 Å². The Labute approximate surface area is 63.8 Å². The van der Waals surface area contributed by atoms with Crippen LogP contribution in [0.15, 0.2) is 5.16 Å². The van der Waals surface area contributed by atoms with Gasteiger partial charge in [-0.15, -0.1) is 5.10 Å². The summed E-state index contributed by atoms with van der Waals surface area (Å²) in [5, 5.41) is 10.5. The molecule has 0 fully saturated rings. The van der Waals surface area contributed by atoms with Gasteiger partial charge in [0.2, 0.25) is 5.16 Å². The molecule has 0 radical (unpaired) electrons. The summed E-state index contributed by atoms with van der Waals surface area (Å²) in [4.78, 5) is 4.15. The fraction of sp³-hybridized carbons (Fsp3) is 0.600. The molecule has 0 amide bonds. The maximum Gasteiger partial charge on any atom is 0.208 e. The Hall–Kier alpha value is -0.550. The van der Waals surface area contributed by atoms with Gasteiger partial charge in [-0.3, -0.25) is 5.10 Å². The summed E-state index contributed by atoms with van der Waals surface area (Å²) in [5.74, 6) is 0.881. The second-order valence-electron chi connectivity index (χ2n) is 1.80. The summed E-state index contributed by atoms with van der Waals surface area (Å²) in [6.45, 7) is 0.744. The lowest BCUT2D eigenvalue weighted by molar-refractivity contribution is 0.762. The molecular weight excluding hydrogens is 148 g/mol. The van der Waals surface area contributed by atoms with Crippen molar-refractivity contribution in [2.75, 3.05) is 13.3 Å². The molecule has 2 N–H and O–H groups in total. The largest absolute Gasteiger partial charge is 0.313 e. The monoisotopic (exact) mass is 158 g/mol. The van der Waals surface area contributed by atoms with Gasteiger partial charge in [0.25, 0.3) is 0 Å². The molecule has 1 aromatic heterocycles.